The van der Waals surface area contributed by atoms with Crippen LogP contribution in [0.4, 0.5) is 0 Å². The number of fused-ring (bicyclic) bond motifs is 3. The number of nitrogens with zero attached hydrogens (tertiary/aromatic N) is 3. The molecule has 4 aromatic rings. The van der Waals surface area contributed by atoms with E-state index in [0.717, 1.165) is 48.3 Å². The first-order valence-corrected chi connectivity index (χ1v) is 14.1. The van der Waals surface area contributed by atoms with Crippen molar-refractivity contribution in [1.29, 1.82) is 0 Å². The van der Waals surface area contributed by atoms with Crippen LogP contribution >= 0.6 is 0 Å². The van der Waals surface area contributed by atoms with Gasteiger partial charge in [0.15, 0.2) is 0 Å². The van der Waals surface area contributed by atoms with Crippen LogP contribution in [0.2, 0.25) is 0 Å². The number of benzene rings is 3. The molecule has 1 aliphatic heterocycles. The van der Waals surface area contributed by atoms with Crippen LogP contribution in [0.1, 0.15) is 31.2 Å². The zero-order valence-electron chi connectivity index (χ0n) is 22.5. The average Bonchev–Trinajstić information content (AvgIpc) is 3.51. The Kier molecular flexibility index (Phi) is 9.14. The van der Waals surface area contributed by atoms with Gasteiger partial charge in [-0.2, -0.15) is 0 Å². The average molecular weight is 530 g/mol. The second-order valence-electron chi connectivity index (χ2n) is 10.4. The second kappa shape index (κ2) is 13.1. The number of rotatable bonds is 14. The molecule has 7 heteroatoms. The molecule has 1 saturated heterocycles. The third-order valence-corrected chi connectivity index (χ3v) is 7.52. The van der Waals surface area contributed by atoms with E-state index in [1.165, 1.54) is 10.8 Å². The van der Waals surface area contributed by atoms with Crippen LogP contribution in [0, 0.1) is 0 Å². The molecule has 0 spiro atoms. The molecule has 206 valence electrons. The summed E-state index contributed by atoms with van der Waals surface area (Å²) in [6.07, 6.45) is 2.56. The summed E-state index contributed by atoms with van der Waals surface area (Å²) >= 11 is 0. The lowest BCUT2D eigenvalue weighted by Crippen LogP contribution is -2.35. The van der Waals surface area contributed by atoms with E-state index in [4.69, 9.17) is 4.74 Å². The van der Waals surface area contributed by atoms with E-state index in [2.05, 4.69) is 58.0 Å². The molecule has 1 fully saturated rings. The van der Waals surface area contributed by atoms with E-state index in [1.54, 1.807) is 0 Å². The molecule has 1 aliphatic rings. The molecular weight excluding hydrogens is 490 g/mol. The lowest BCUT2D eigenvalue weighted by molar-refractivity contribution is -0.127. The van der Waals surface area contributed by atoms with Gasteiger partial charge in [0.25, 0.3) is 0 Å². The molecule has 3 aromatic carbocycles. The van der Waals surface area contributed by atoms with Gasteiger partial charge in [-0.05, 0) is 49.1 Å². The summed E-state index contributed by atoms with van der Waals surface area (Å²) in [7, 11) is 0. The van der Waals surface area contributed by atoms with E-state index < -0.39 is 6.10 Å². The number of carbonyl (C=O) groups is 1. The van der Waals surface area contributed by atoms with E-state index in [-0.39, 0.29) is 12.5 Å². The van der Waals surface area contributed by atoms with Gasteiger partial charge in [-0.15, -0.1) is 0 Å². The van der Waals surface area contributed by atoms with Crippen molar-refractivity contribution in [2.24, 2.45) is 0 Å². The lowest BCUT2D eigenvalue weighted by atomic mass is 10.2. The molecule has 5 rings (SSSR count). The SMILES string of the molecule is O=C1CCCN1CCCOc1ccc(CN(CCCO)C[C@@H](O)Cn2c3ccccc3c3ccccc32)cc1. The molecule has 2 heterocycles. The molecule has 1 amide bonds. The number of likely N-dealkylation sites (tertiary alicyclic amines) is 1. The highest BCUT2D eigenvalue weighted by Gasteiger charge is 2.19. The first kappa shape index (κ1) is 27.2. The van der Waals surface area contributed by atoms with Crippen molar-refractivity contribution in [3.05, 3.63) is 78.4 Å². The Balaban J connectivity index is 1.17. The van der Waals surface area contributed by atoms with Gasteiger partial charge in [0.05, 0.1) is 19.3 Å². The van der Waals surface area contributed by atoms with Gasteiger partial charge in [0, 0.05) is 67.6 Å². The normalized spacial score (nSPS) is 14.6. The summed E-state index contributed by atoms with van der Waals surface area (Å²) in [5.74, 6) is 1.07. The number of para-hydroxylation sites is 2. The molecule has 0 saturated carbocycles. The van der Waals surface area contributed by atoms with Crippen LogP contribution < -0.4 is 4.74 Å². The fourth-order valence-electron chi connectivity index (χ4n) is 5.63. The number of aromatic nitrogens is 1. The third-order valence-electron chi connectivity index (χ3n) is 7.52. The fraction of sp³-hybridized carbons (Fsp3) is 0.406. The van der Waals surface area contributed by atoms with Crippen LogP contribution in [0.3, 0.4) is 0 Å². The predicted octanol–water partition coefficient (Wildman–Crippen LogP) is 4.43. The maximum atomic E-state index is 11.7. The Morgan fingerprint density at radius 3 is 2.26 bits per heavy atom. The highest BCUT2D eigenvalue weighted by Crippen LogP contribution is 2.29. The number of hydrogen-bond acceptors (Lipinski definition) is 5. The van der Waals surface area contributed by atoms with Crippen LogP contribution in [-0.2, 0) is 17.9 Å². The van der Waals surface area contributed by atoms with Crippen molar-refractivity contribution in [3.63, 3.8) is 0 Å². The molecule has 0 radical (unpaired) electrons. The number of ether oxygens (including phenoxy) is 1. The highest BCUT2D eigenvalue weighted by molar-refractivity contribution is 6.07. The number of carbonyl (C=O) groups excluding carboxylic acids is 1. The summed E-state index contributed by atoms with van der Waals surface area (Å²) < 4.78 is 8.11. The standard InChI is InChI=1S/C32H39N3O4/c36-20-6-17-33(22-25-13-15-27(16-14-25)39-21-7-19-34-18-5-12-32(34)38)23-26(37)24-35-30-10-3-1-8-28(30)29-9-2-4-11-31(29)35/h1-4,8-11,13-16,26,36-37H,5-7,12,17-24H2/t26-/m1/s1. The van der Waals surface area contributed by atoms with E-state index in [1.807, 2.05) is 29.2 Å². The third kappa shape index (κ3) is 6.79. The fourth-order valence-corrected chi connectivity index (χ4v) is 5.63. The van der Waals surface area contributed by atoms with E-state index in [9.17, 15) is 15.0 Å². The minimum absolute atomic E-state index is 0.120. The maximum Gasteiger partial charge on any atom is 0.222 e. The smallest absolute Gasteiger partial charge is 0.222 e. The minimum atomic E-state index is -0.562. The zero-order valence-corrected chi connectivity index (χ0v) is 22.5. The molecule has 0 aliphatic carbocycles. The van der Waals surface area contributed by atoms with Crippen molar-refractivity contribution in [2.75, 3.05) is 39.4 Å². The summed E-state index contributed by atoms with van der Waals surface area (Å²) in [4.78, 5) is 15.9. The Hall–Kier alpha value is -3.39. The first-order chi connectivity index (χ1) is 19.1. The van der Waals surface area contributed by atoms with Crippen molar-refractivity contribution >= 4 is 27.7 Å². The van der Waals surface area contributed by atoms with Gasteiger partial charge in [0.1, 0.15) is 5.75 Å². The molecule has 1 aromatic heterocycles. The molecule has 0 bridgehead atoms. The maximum absolute atomic E-state index is 11.7. The van der Waals surface area contributed by atoms with E-state index in [0.29, 0.717) is 45.6 Å². The summed E-state index contributed by atoms with van der Waals surface area (Å²) in [5.41, 5.74) is 3.39. The molecule has 0 unspecified atom stereocenters. The monoisotopic (exact) mass is 529 g/mol. The zero-order chi connectivity index (χ0) is 27.0. The summed E-state index contributed by atoms with van der Waals surface area (Å²) in [6, 6.07) is 24.8. The first-order valence-electron chi connectivity index (χ1n) is 14.1. The minimum Gasteiger partial charge on any atom is -0.494 e. The number of aliphatic hydroxyl groups is 2. The number of hydrogen-bond donors (Lipinski definition) is 2. The molecule has 7 nitrogen and oxygen atoms in total. The lowest BCUT2D eigenvalue weighted by Gasteiger charge is -2.26. The van der Waals surface area contributed by atoms with Crippen LogP contribution in [0.5, 0.6) is 5.75 Å². The van der Waals surface area contributed by atoms with Crippen molar-refractivity contribution < 1.29 is 19.7 Å². The van der Waals surface area contributed by atoms with Gasteiger partial charge in [-0.25, -0.2) is 0 Å². The molecule has 1 atom stereocenters. The van der Waals surface area contributed by atoms with Crippen LogP contribution in [0.25, 0.3) is 21.8 Å². The quantitative estimate of drug-likeness (QED) is 0.236. The Bertz CT molecular complexity index is 1310. The van der Waals surface area contributed by atoms with Crippen LogP contribution in [0.15, 0.2) is 72.8 Å². The largest absolute Gasteiger partial charge is 0.494 e. The van der Waals surface area contributed by atoms with E-state index >= 15 is 0 Å². The molecule has 39 heavy (non-hydrogen) atoms. The summed E-state index contributed by atoms with van der Waals surface area (Å²) in [6.45, 7) is 4.72. The van der Waals surface area contributed by atoms with Gasteiger partial charge >= 0.3 is 0 Å². The molecular formula is C32H39N3O4. The number of amides is 1. The van der Waals surface area contributed by atoms with Crippen molar-refractivity contribution in [1.82, 2.24) is 14.4 Å². The highest BCUT2D eigenvalue weighted by atomic mass is 16.5. The Morgan fingerprint density at radius 2 is 1.62 bits per heavy atom. The van der Waals surface area contributed by atoms with Crippen molar-refractivity contribution in [3.8, 4) is 5.75 Å². The Labute approximate surface area is 230 Å². The van der Waals surface area contributed by atoms with Gasteiger partial charge in [0.2, 0.25) is 5.91 Å². The topological polar surface area (TPSA) is 78.2 Å². The van der Waals surface area contributed by atoms with Crippen molar-refractivity contribution in [2.45, 2.75) is 44.9 Å². The second-order valence-corrected chi connectivity index (χ2v) is 10.4. The van der Waals surface area contributed by atoms with Gasteiger partial charge < -0.3 is 24.4 Å². The Morgan fingerprint density at radius 1 is 0.923 bits per heavy atom. The molecule has 2 N–H and O–H groups in total. The predicted molar refractivity (Wildman–Crippen MR) is 155 cm³/mol. The van der Waals surface area contributed by atoms with Gasteiger partial charge in [-0.1, -0.05) is 48.5 Å². The van der Waals surface area contributed by atoms with Gasteiger partial charge in [-0.3, -0.25) is 9.69 Å². The summed E-state index contributed by atoms with van der Waals surface area (Å²) in [5, 5.41) is 23.0. The van der Waals surface area contributed by atoms with Crippen LogP contribution in [-0.4, -0.2) is 76.0 Å². The number of aliphatic hydroxyl groups excluding tert-OH is 2.